The maximum absolute atomic E-state index is 12.4. The molecule has 0 bridgehead atoms. The summed E-state index contributed by atoms with van der Waals surface area (Å²) >= 11 is 0. The molecular weight excluding hydrogens is 476 g/mol. The highest BCUT2D eigenvalue weighted by Crippen LogP contribution is 2.24. The van der Waals surface area contributed by atoms with Crippen molar-refractivity contribution in [2.75, 3.05) is 30.7 Å². The first-order valence-corrected chi connectivity index (χ1v) is 13.5. The third-order valence-electron chi connectivity index (χ3n) is 6.13. The first kappa shape index (κ1) is 25.6. The van der Waals surface area contributed by atoms with E-state index in [-0.39, 0.29) is 12.1 Å². The van der Waals surface area contributed by atoms with Crippen LogP contribution >= 0.6 is 0 Å². The van der Waals surface area contributed by atoms with Crippen molar-refractivity contribution in [3.05, 3.63) is 106 Å². The van der Waals surface area contributed by atoms with Crippen molar-refractivity contribution >= 4 is 26.5 Å². The first-order valence-electron chi connectivity index (χ1n) is 11.7. The number of hydrogen-bond acceptors (Lipinski definition) is 6. The summed E-state index contributed by atoms with van der Waals surface area (Å²) in [7, 11) is -1.57. The normalized spacial score (nSPS) is 12.7. The van der Waals surface area contributed by atoms with E-state index in [4.69, 9.17) is 0 Å². The minimum atomic E-state index is -3.49. The van der Waals surface area contributed by atoms with Crippen molar-refractivity contribution in [2.24, 2.45) is 0 Å². The van der Waals surface area contributed by atoms with Gasteiger partial charge in [-0.25, -0.2) is 13.5 Å². The third kappa shape index (κ3) is 6.17. The molecule has 1 unspecified atom stereocenters. The van der Waals surface area contributed by atoms with E-state index in [2.05, 4.69) is 10.2 Å². The molecule has 0 amide bonds. The van der Waals surface area contributed by atoms with E-state index in [1.54, 1.807) is 30.3 Å². The van der Waals surface area contributed by atoms with Gasteiger partial charge in [-0.2, -0.15) is 5.10 Å². The Labute approximate surface area is 210 Å². The van der Waals surface area contributed by atoms with Crippen molar-refractivity contribution < 1.29 is 13.5 Å². The lowest BCUT2D eigenvalue weighted by Gasteiger charge is -2.24. The van der Waals surface area contributed by atoms with Crippen LogP contribution in [-0.2, 0) is 23.0 Å². The van der Waals surface area contributed by atoms with Crippen LogP contribution in [-0.4, -0.2) is 55.0 Å². The molecule has 4 rings (SSSR count). The summed E-state index contributed by atoms with van der Waals surface area (Å²) in [5.41, 5.74) is 2.72. The Morgan fingerprint density at radius 1 is 0.944 bits per heavy atom. The predicted molar refractivity (Wildman–Crippen MR) is 142 cm³/mol. The molecule has 1 heterocycles. The largest absolute Gasteiger partial charge is 0.387 e. The van der Waals surface area contributed by atoms with Crippen LogP contribution in [0.15, 0.2) is 83.7 Å². The molecule has 188 valence electrons. The number of aliphatic hydroxyl groups is 1. The lowest BCUT2D eigenvalue weighted by atomic mass is 10.1. The molecular formula is C27H30N4O4S. The van der Waals surface area contributed by atoms with E-state index in [9.17, 15) is 18.3 Å². The molecule has 8 nitrogen and oxygen atoms in total. The minimum absolute atomic E-state index is 0.209. The van der Waals surface area contributed by atoms with E-state index >= 15 is 0 Å². The number of aliphatic hydroxyl groups excluding tert-OH is 1. The number of nitrogens with one attached hydrogen (secondary N) is 1. The zero-order valence-electron chi connectivity index (χ0n) is 20.3. The maximum atomic E-state index is 12.4. The Morgan fingerprint density at radius 2 is 1.58 bits per heavy atom. The van der Waals surface area contributed by atoms with Gasteiger partial charge < -0.3 is 10.0 Å². The van der Waals surface area contributed by atoms with Crippen LogP contribution in [0, 0.1) is 0 Å². The van der Waals surface area contributed by atoms with E-state index < -0.39 is 16.1 Å². The highest BCUT2D eigenvalue weighted by Gasteiger charge is 2.19. The van der Waals surface area contributed by atoms with Gasteiger partial charge in [-0.05, 0) is 36.4 Å². The second-order valence-electron chi connectivity index (χ2n) is 8.92. The predicted octanol–water partition coefficient (Wildman–Crippen LogP) is 3.10. The number of H-pyrrole nitrogens is 1. The summed E-state index contributed by atoms with van der Waals surface area (Å²) in [6.45, 7) is 1.26. The lowest BCUT2D eigenvalue weighted by molar-refractivity contribution is 0.127. The molecule has 1 aromatic heterocycles. The van der Waals surface area contributed by atoms with Gasteiger partial charge >= 0.3 is 0 Å². The summed E-state index contributed by atoms with van der Waals surface area (Å²) < 4.78 is 26.2. The minimum Gasteiger partial charge on any atom is -0.387 e. The van der Waals surface area contributed by atoms with E-state index in [0.717, 1.165) is 16.6 Å². The van der Waals surface area contributed by atoms with Gasteiger partial charge in [-0.3, -0.25) is 9.10 Å². The quantitative estimate of drug-likeness (QED) is 0.342. The van der Waals surface area contributed by atoms with Crippen molar-refractivity contribution in [1.82, 2.24) is 15.1 Å². The van der Waals surface area contributed by atoms with Crippen LogP contribution in [0.4, 0.5) is 5.69 Å². The molecule has 0 spiro atoms. The number of nitrogens with zero attached hydrogens (tertiary/aromatic N) is 3. The van der Waals surface area contributed by atoms with Gasteiger partial charge in [0.1, 0.15) is 0 Å². The van der Waals surface area contributed by atoms with Gasteiger partial charge in [-0.1, -0.05) is 60.7 Å². The van der Waals surface area contributed by atoms with Gasteiger partial charge in [0.05, 0.1) is 35.7 Å². The molecule has 3 aromatic carbocycles. The number of anilines is 1. The number of likely N-dealkylation sites (N-methyl/N-ethyl adjacent to an activating group) is 1. The molecule has 0 radical (unpaired) electrons. The molecule has 2 N–H and O–H groups in total. The molecule has 0 fully saturated rings. The van der Waals surface area contributed by atoms with Gasteiger partial charge in [0.25, 0.3) is 5.56 Å². The highest BCUT2D eigenvalue weighted by atomic mass is 32.2. The van der Waals surface area contributed by atoms with Crippen LogP contribution < -0.4 is 9.86 Å². The number of rotatable bonds is 10. The highest BCUT2D eigenvalue weighted by molar-refractivity contribution is 7.92. The molecule has 0 saturated carbocycles. The summed E-state index contributed by atoms with van der Waals surface area (Å²) in [6.07, 6.45) is 1.06. The smallest absolute Gasteiger partial charge is 0.272 e. The summed E-state index contributed by atoms with van der Waals surface area (Å²) in [4.78, 5) is 14.0. The third-order valence-corrected chi connectivity index (χ3v) is 7.27. The molecule has 0 aliphatic heterocycles. The van der Waals surface area contributed by atoms with E-state index in [1.165, 1.54) is 10.6 Å². The van der Waals surface area contributed by atoms with Crippen molar-refractivity contribution in [2.45, 2.75) is 19.1 Å². The van der Waals surface area contributed by atoms with Crippen LogP contribution in [0.5, 0.6) is 0 Å². The second-order valence-corrected chi connectivity index (χ2v) is 10.8. The summed E-state index contributed by atoms with van der Waals surface area (Å²) in [6, 6.07) is 23.8. The molecule has 0 aliphatic rings. The monoisotopic (exact) mass is 506 g/mol. The topological polar surface area (TPSA) is 107 Å². The number of hydrogen-bond donors (Lipinski definition) is 2. The average Bonchev–Trinajstić information content (AvgIpc) is 2.87. The number of sulfonamides is 1. The summed E-state index contributed by atoms with van der Waals surface area (Å²) in [5.74, 6) is 0. The van der Waals surface area contributed by atoms with Crippen molar-refractivity contribution in [3.63, 3.8) is 0 Å². The number of aromatic nitrogens is 2. The van der Waals surface area contributed by atoms with Gasteiger partial charge in [0.2, 0.25) is 10.0 Å². The Hall–Kier alpha value is -3.53. The van der Waals surface area contributed by atoms with E-state index in [1.807, 2.05) is 60.5 Å². The standard InChI is InChI=1S/C27H30N4O4S/c1-30(17-16-25-23-10-6-7-11-24(23)27(33)29-28-25)19-26(32)21-12-14-22(15-13-21)31(36(2,34)35)18-20-8-4-3-5-9-20/h3-15,26,32H,16-19H2,1-2H3,(H,29,33). The Balaban J connectivity index is 1.40. The lowest BCUT2D eigenvalue weighted by Crippen LogP contribution is -2.29. The fourth-order valence-electron chi connectivity index (χ4n) is 4.16. The first-order chi connectivity index (χ1) is 17.2. The van der Waals surface area contributed by atoms with Gasteiger partial charge in [0.15, 0.2) is 0 Å². The van der Waals surface area contributed by atoms with Crippen LogP contribution in [0.1, 0.15) is 22.9 Å². The maximum Gasteiger partial charge on any atom is 0.272 e. The molecule has 0 aliphatic carbocycles. The molecule has 36 heavy (non-hydrogen) atoms. The summed E-state index contributed by atoms with van der Waals surface area (Å²) in [5, 5.41) is 19.0. The van der Waals surface area contributed by atoms with Crippen LogP contribution in [0.3, 0.4) is 0 Å². The van der Waals surface area contributed by atoms with E-state index in [0.29, 0.717) is 36.1 Å². The molecule has 9 heteroatoms. The zero-order valence-corrected chi connectivity index (χ0v) is 21.1. The van der Waals surface area contributed by atoms with Gasteiger partial charge in [-0.15, -0.1) is 0 Å². The number of fused-ring (bicyclic) bond motifs is 1. The number of aromatic amines is 1. The van der Waals surface area contributed by atoms with Crippen LogP contribution in [0.2, 0.25) is 0 Å². The number of benzene rings is 3. The second kappa shape index (κ2) is 11.0. The van der Waals surface area contributed by atoms with Gasteiger partial charge in [0, 0.05) is 24.9 Å². The molecule has 4 aromatic rings. The Kier molecular flexibility index (Phi) is 7.83. The SMILES string of the molecule is CN(CCc1n[nH]c(=O)c2ccccc12)CC(O)c1ccc(N(Cc2ccccc2)S(C)(=O)=O)cc1. The Morgan fingerprint density at radius 3 is 2.25 bits per heavy atom. The fraction of sp³-hybridized carbons (Fsp3) is 0.259. The van der Waals surface area contributed by atoms with Crippen molar-refractivity contribution in [3.8, 4) is 0 Å². The zero-order chi connectivity index (χ0) is 25.7. The fourth-order valence-corrected chi connectivity index (χ4v) is 5.05. The average molecular weight is 507 g/mol. The Bertz CT molecular complexity index is 1470. The van der Waals surface area contributed by atoms with Crippen molar-refractivity contribution in [1.29, 1.82) is 0 Å². The molecule has 1 atom stereocenters. The molecule has 0 saturated heterocycles. The van der Waals surface area contributed by atoms with Crippen LogP contribution in [0.25, 0.3) is 10.8 Å².